The van der Waals surface area contributed by atoms with Gasteiger partial charge in [0.15, 0.2) is 0 Å². The van der Waals surface area contributed by atoms with E-state index < -0.39 is 0 Å². The summed E-state index contributed by atoms with van der Waals surface area (Å²) in [5.41, 5.74) is 0. The molecular formula is C11H23NO. The van der Waals surface area contributed by atoms with Gasteiger partial charge in [-0.25, -0.2) is 0 Å². The van der Waals surface area contributed by atoms with E-state index in [1.165, 1.54) is 25.7 Å². The zero-order chi connectivity index (χ0) is 9.78. The summed E-state index contributed by atoms with van der Waals surface area (Å²) in [4.78, 5) is 5.09. The second kappa shape index (κ2) is 11.5. The fraction of sp³-hybridized carbons (Fsp3) is 0.909. The Kier molecular flexibility index (Phi) is 11.0. The molecule has 0 amide bonds. The molecule has 0 saturated heterocycles. The van der Waals surface area contributed by atoms with E-state index in [2.05, 4.69) is 19.0 Å². The van der Waals surface area contributed by atoms with Gasteiger partial charge in [0.1, 0.15) is 6.61 Å². The second-order valence-electron chi connectivity index (χ2n) is 3.32. The van der Waals surface area contributed by atoms with Crippen LogP contribution in [0.1, 0.15) is 58.8 Å². The van der Waals surface area contributed by atoms with Crippen LogP contribution in [-0.2, 0) is 4.84 Å². The number of unbranched alkanes of at least 4 members (excludes halogenated alkanes) is 5. The average molecular weight is 185 g/mol. The van der Waals surface area contributed by atoms with Gasteiger partial charge >= 0.3 is 0 Å². The molecule has 0 aliphatic rings. The van der Waals surface area contributed by atoms with Crippen molar-refractivity contribution >= 4 is 6.21 Å². The molecule has 0 atom stereocenters. The number of oxime groups is 1. The van der Waals surface area contributed by atoms with E-state index in [-0.39, 0.29) is 0 Å². The first-order chi connectivity index (χ1) is 6.41. The molecule has 0 heterocycles. The number of hydrogen-bond donors (Lipinski definition) is 0. The number of nitrogens with zero attached hydrogens (tertiary/aromatic N) is 1. The van der Waals surface area contributed by atoms with Crippen LogP contribution < -0.4 is 0 Å². The Hall–Kier alpha value is -0.530. The largest absolute Gasteiger partial charge is 0.396 e. The van der Waals surface area contributed by atoms with Crippen molar-refractivity contribution in [3.63, 3.8) is 0 Å². The Labute approximate surface area is 82.4 Å². The molecule has 0 aliphatic heterocycles. The Morgan fingerprint density at radius 2 is 1.77 bits per heavy atom. The summed E-state index contributed by atoms with van der Waals surface area (Å²) in [7, 11) is 0. The lowest BCUT2D eigenvalue weighted by Crippen LogP contribution is -1.88. The maximum atomic E-state index is 5.09. The summed E-state index contributed by atoms with van der Waals surface area (Å²) < 4.78 is 0. The van der Waals surface area contributed by atoms with Gasteiger partial charge in [0, 0.05) is 6.21 Å². The first-order valence-corrected chi connectivity index (χ1v) is 5.55. The minimum Gasteiger partial charge on any atom is -0.396 e. The first kappa shape index (κ1) is 12.5. The van der Waals surface area contributed by atoms with Crippen LogP contribution in [0.2, 0.25) is 0 Å². The zero-order valence-electron chi connectivity index (χ0n) is 9.09. The maximum absolute atomic E-state index is 5.09. The van der Waals surface area contributed by atoms with Gasteiger partial charge in [0.2, 0.25) is 0 Å². The molecule has 0 fully saturated rings. The summed E-state index contributed by atoms with van der Waals surface area (Å²) in [6, 6.07) is 0. The molecule has 13 heavy (non-hydrogen) atoms. The second-order valence-corrected chi connectivity index (χ2v) is 3.32. The molecule has 0 aromatic carbocycles. The molecule has 78 valence electrons. The third-order valence-electron chi connectivity index (χ3n) is 1.91. The van der Waals surface area contributed by atoms with Gasteiger partial charge in [-0.3, -0.25) is 0 Å². The lowest BCUT2D eigenvalue weighted by molar-refractivity contribution is 0.140. The zero-order valence-corrected chi connectivity index (χ0v) is 9.09. The highest BCUT2D eigenvalue weighted by Gasteiger charge is 1.88. The predicted molar refractivity (Wildman–Crippen MR) is 58.1 cm³/mol. The molecule has 0 bridgehead atoms. The third kappa shape index (κ3) is 11.5. The van der Waals surface area contributed by atoms with Crippen LogP contribution in [0, 0.1) is 0 Å². The van der Waals surface area contributed by atoms with Crippen molar-refractivity contribution in [2.24, 2.45) is 5.16 Å². The Morgan fingerprint density at radius 1 is 1.00 bits per heavy atom. The van der Waals surface area contributed by atoms with Crippen LogP contribution in [0.5, 0.6) is 0 Å². The number of rotatable bonds is 9. The molecule has 0 radical (unpaired) electrons. The molecular weight excluding hydrogens is 162 g/mol. The van der Waals surface area contributed by atoms with Gasteiger partial charge < -0.3 is 4.84 Å². The molecule has 0 aromatic rings. The van der Waals surface area contributed by atoms with Crippen molar-refractivity contribution in [3.05, 3.63) is 0 Å². The average Bonchev–Trinajstić information content (AvgIpc) is 2.16. The number of hydrogen-bond acceptors (Lipinski definition) is 2. The molecule has 0 rings (SSSR count). The molecule has 0 unspecified atom stereocenters. The van der Waals surface area contributed by atoms with Gasteiger partial charge in [-0.15, -0.1) is 0 Å². The fourth-order valence-electron chi connectivity index (χ4n) is 1.06. The molecule has 0 aliphatic carbocycles. The van der Waals surface area contributed by atoms with E-state index >= 15 is 0 Å². The molecule has 2 heteroatoms. The van der Waals surface area contributed by atoms with Crippen LogP contribution in [0.3, 0.4) is 0 Å². The normalized spacial score (nSPS) is 10.9. The summed E-state index contributed by atoms with van der Waals surface area (Å²) >= 11 is 0. The third-order valence-corrected chi connectivity index (χ3v) is 1.91. The first-order valence-electron chi connectivity index (χ1n) is 5.55. The van der Waals surface area contributed by atoms with E-state index in [1.807, 2.05) is 6.21 Å². The lowest BCUT2D eigenvalue weighted by Gasteiger charge is -1.98. The van der Waals surface area contributed by atoms with Crippen LogP contribution in [0.4, 0.5) is 0 Å². The predicted octanol–water partition coefficient (Wildman–Crippen LogP) is 3.76. The smallest absolute Gasteiger partial charge is 0.117 e. The van der Waals surface area contributed by atoms with Crippen molar-refractivity contribution in [2.75, 3.05) is 6.61 Å². The van der Waals surface area contributed by atoms with E-state index in [4.69, 9.17) is 4.84 Å². The molecule has 0 spiro atoms. The Balaban J connectivity index is 2.91. The SMILES string of the molecule is CCC/C=N/OCCCCCCC. The van der Waals surface area contributed by atoms with Crippen molar-refractivity contribution in [3.8, 4) is 0 Å². The Morgan fingerprint density at radius 3 is 2.46 bits per heavy atom. The van der Waals surface area contributed by atoms with Gasteiger partial charge in [-0.2, -0.15) is 0 Å². The van der Waals surface area contributed by atoms with E-state index in [1.54, 1.807) is 0 Å². The van der Waals surface area contributed by atoms with Crippen molar-refractivity contribution < 1.29 is 4.84 Å². The highest BCUT2D eigenvalue weighted by molar-refractivity contribution is 5.55. The quantitative estimate of drug-likeness (QED) is 0.304. The summed E-state index contributed by atoms with van der Waals surface area (Å²) in [5, 5.41) is 3.85. The summed E-state index contributed by atoms with van der Waals surface area (Å²) in [5.74, 6) is 0. The highest BCUT2D eigenvalue weighted by atomic mass is 16.6. The molecule has 2 nitrogen and oxygen atoms in total. The summed E-state index contributed by atoms with van der Waals surface area (Å²) in [6.07, 6.45) is 10.4. The van der Waals surface area contributed by atoms with Crippen molar-refractivity contribution in [1.29, 1.82) is 0 Å². The molecule has 0 saturated carbocycles. The van der Waals surface area contributed by atoms with Crippen LogP contribution in [0.25, 0.3) is 0 Å². The topological polar surface area (TPSA) is 21.6 Å². The van der Waals surface area contributed by atoms with E-state index in [0.717, 1.165) is 25.9 Å². The molecule has 0 aromatic heterocycles. The minimum absolute atomic E-state index is 0.782. The maximum Gasteiger partial charge on any atom is 0.117 e. The van der Waals surface area contributed by atoms with Crippen molar-refractivity contribution in [1.82, 2.24) is 0 Å². The van der Waals surface area contributed by atoms with Crippen LogP contribution in [-0.4, -0.2) is 12.8 Å². The minimum atomic E-state index is 0.782. The standard InChI is InChI=1S/C11H23NO/c1-3-5-7-8-9-11-13-12-10-6-4-2/h10H,3-9,11H2,1-2H3/b12-10+. The van der Waals surface area contributed by atoms with Gasteiger partial charge in [0.25, 0.3) is 0 Å². The van der Waals surface area contributed by atoms with Gasteiger partial charge in [-0.1, -0.05) is 44.7 Å². The van der Waals surface area contributed by atoms with Crippen LogP contribution in [0.15, 0.2) is 5.16 Å². The van der Waals surface area contributed by atoms with E-state index in [9.17, 15) is 0 Å². The Bertz CT molecular complexity index is 113. The van der Waals surface area contributed by atoms with Crippen LogP contribution >= 0.6 is 0 Å². The summed E-state index contributed by atoms with van der Waals surface area (Å²) in [6.45, 7) is 5.15. The highest BCUT2D eigenvalue weighted by Crippen LogP contribution is 2.02. The lowest BCUT2D eigenvalue weighted by atomic mass is 10.2. The van der Waals surface area contributed by atoms with Crippen molar-refractivity contribution in [2.45, 2.75) is 58.8 Å². The van der Waals surface area contributed by atoms with Gasteiger partial charge in [0.05, 0.1) is 0 Å². The molecule has 0 N–H and O–H groups in total. The fourth-order valence-corrected chi connectivity index (χ4v) is 1.06. The monoisotopic (exact) mass is 185 g/mol. The van der Waals surface area contributed by atoms with E-state index in [0.29, 0.717) is 0 Å². The van der Waals surface area contributed by atoms with Gasteiger partial charge in [-0.05, 0) is 19.3 Å².